The second-order valence-electron chi connectivity index (χ2n) is 17.0. The zero-order chi connectivity index (χ0) is 37.2. The van der Waals surface area contributed by atoms with Gasteiger partial charge in [-0.1, -0.05) is 90.1 Å². The van der Waals surface area contributed by atoms with E-state index in [2.05, 4.69) is 67.5 Å². The minimum Gasteiger partial charge on any atom is -0.875 e. The first kappa shape index (κ1) is 37.8. The maximum atomic E-state index is 14.3. The third-order valence-electron chi connectivity index (χ3n) is 10.2. The van der Waals surface area contributed by atoms with Crippen molar-refractivity contribution in [2.45, 2.75) is 79.2 Å². The van der Waals surface area contributed by atoms with Crippen LogP contribution in [-0.4, -0.2) is 37.6 Å². The van der Waals surface area contributed by atoms with E-state index < -0.39 is 11.5 Å². The summed E-state index contributed by atoms with van der Waals surface area (Å²) < 4.78 is 25.3. The molecule has 0 saturated heterocycles. The third kappa shape index (κ3) is 8.62. The van der Waals surface area contributed by atoms with Crippen molar-refractivity contribution in [3.8, 4) is 11.3 Å². The molecule has 6 heteroatoms. The second-order valence-corrected chi connectivity index (χ2v) is 17.0. The molecule has 0 bridgehead atoms. The summed E-state index contributed by atoms with van der Waals surface area (Å²) in [4.78, 5) is 0. The highest BCUT2D eigenvalue weighted by atomic mass is 16.5. The standard InChI is InChI=1S/C46H56O6/c1-29(2)25-49-27-45(5,6)40-21-31(20-38(51-40)32-15-11-9-12-16-32)19-35-37(47)24-36-42(43(36)44(35)48)34-22-39(33-17-13-10-14-18-33)52-41(23-34)46(7,8)28-50-26-30(3)4/h9-23,29-30,36-37,42-43,47H,24-28H2,1-8H3/b31-19+. The molecule has 2 aliphatic carbocycles. The van der Waals surface area contributed by atoms with Crippen molar-refractivity contribution in [2.24, 2.45) is 29.1 Å². The number of hydrogen-bond donors (Lipinski definition) is 1. The van der Waals surface area contributed by atoms with E-state index in [9.17, 15) is 10.2 Å². The predicted molar refractivity (Wildman–Crippen MR) is 206 cm³/mol. The Morgan fingerprint density at radius 3 is 2.04 bits per heavy atom. The van der Waals surface area contributed by atoms with Crippen molar-refractivity contribution in [2.75, 3.05) is 26.4 Å². The van der Waals surface area contributed by atoms with Gasteiger partial charge in [0.15, 0.2) is 0 Å². The average Bonchev–Trinajstić information content (AvgIpc) is 3.84. The van der Waals surface area contributed by atoms with Crippen LogP contribution in [-0.2, 0) is 19.6 Å². The van der Waals surface area contributed by atoms with Crippen molar-refractivity contribution in [1.29, 1.82) is 0 Å². The van der Waals surface area contributed by atoms with Gasteiger partial charge in [0.25, 0.3) is 0 Å². The number of benzene rings is 2. The molecular formula is C46H56O6. The number of fused-ring (bicyclic) bond motifs is 1. The molecule has 2 heterocycles. The van der Waals surface area contributed by atoms with Crippen LogP contribution >= 0.6 is 0 Å². The molecule has 3 aliphatic rings. The fraction of sp³-hybridized carbons (Fsp3) is 0.457. The molecule has 52 heavy (non-hydrogen) atoms. The van der Waals surface area contributed by atoms with Gasteiger partial charge in [-0.2, -0.15) is 0 Å². The van der Waals surface area contributed by atoms with Gasteiger partial charge >= 0.3 is 11.5 Å². The smallest absolute Gasteiger partial charge is 0.360 e. The predicted octanol–water partition coefficient (Wildman–Crippen LogP) is 9.47. The fourth-order valence-electron chi connectivity index (χ4n) is 7.29. The van der Waals surface area contributed by atoms with E-state index in [-0.39, 0.29) is 28.9 Å². The summed E-state index contributed by atoms with van der Waals surface area (Å²) in [5.41, 5.74) is 3.47. The lowest BCUT2D eigenvalue weighted by atomic mass is 9.87. The molecule has 6 rings (SSSR count). The van der Waals surface area contributed by atoms with Crippen LogP contribution in [0.1, 0.15) is 84.6 Å². The largest absolute Gasteiger partial charge is 0.875 e. The number of rotatable bonds is 14. The molecule has 4 atom stereocenters. The molecule has 1 aromatic heterocycles. The number of ether oxygens (including phenoxy) is 3. The summed E-state index contributed by atoms with van der Waals surface area (Å²) in [7, 11) is 0. The first-order valence-electron chi connectivity index (χ1n) is 18.9. The third-order valence-corrected chi connectivity index (χ3v) is 10.2. The van der Waals surface area contributed by atoms with Gasteiger partial charge in [-0.15, -0.1) is 5.76 Å². The second kappa shape index (κ2) is 15.6. The highest BCUT2D eigenvalue weighted by molar-refractivity contribution is 5.68. The zero-order valence-corrected chi connectivity index (χ0v) is 32.1. The molecule has 1 aliphatic heterocycles. The Bertz CT molecular complexity index is 1830. The lowest BCUT2D eigenvalue weighted by molar-refractivity contribution is -0.314. The molecule has 0 spiro atoms. The number of aliphatic hydroxyl groups excluding tert-OH is 1. The lowest BCUT2D eigenvalue weighted by Gasteiger charge is -2.32. The van der Waals surface area contributed by atoms with Crippen LogP contribution in [0.25, 0.3) is 17.1 Å². The minimum atomic E-state index is -0.857. The number of aliphatic hydroxyl groups is 1. The van der Waals surface area contributed by atoms with Crippen molar-refractivity contribution < 1.29 is 28.8 Å². The summed E-state index contributed by atoms with van der Waals surface area (Å²) >= 11 is 0. The van der Waals surface area contributed by atoms with Crippen molar-refractivity contribution >= 4 is 5.76 Å². The van der Waals surface area contributed by atoms with Gasteiger partial charge in [0.1, 0.15) is 16.9 Å². The van der Waals surface area contributed by atoms with Crippen LogP contribution in [0.2, 0.25) is 0 Å². The molecule has 1 fully saturated rings. The molecule has 3 aromatic rings. The van der Waals surface area contributed by atoms with E-state index in [0.29, 0.717) is 56.0 Å². The monoisotopic (exact) mass is 704 g/mol. The summed E-state index contributed by atoms with van der Waals surface area (Å²) in [5.74, 6) is 3.80. The van der Waals surface area contributed by atoms with Crippen LogP contribution in [0, 0.1) is 29.1 Å². The van der Waals surface area contributed by atoms with Crippen LogP contribution in [0.5, 0.6) is 0 Å². The quantitative estimate of drug-likeness (QED) is 0.168. The van der Waals surface area contributed by atoms with Gasteiger partial charge in [0, 0.05) is 36.3 Å². The first-order valence-corrected chi connectivity index (χ1v) is 18.9. The van der Waals surface area contributed by atoms with Crippen LogP contribution in [0.3, 0.4) is 0 Å². The number of hydrogen-bond acceptors (Lipinski definition) is 5. The van der Waals surface area contributed by atoms with E-state index in [1.807, 2.05) is 78.9 Å². The Kier molecular flexibility index (Phi) is 11.3. The normalized spacial score (nSPS) is 22.7. The highest BCUT2D eigenvalue weighted by Crippen LogP contribution is 2.62. The summed E-state index contributed by atoms with van der Waals surface area (Å²) in [6.07, 6.45) is 5.51. The molecule has 6 nitrogen and oxygen atoms in total. The van der Waals surface area contributed by atoms with Gasteiger partial charge in [-0.3, -0.25) is 0 Å². The van der Waals surface area contributed by atoms with E-state index in [0.717, 1.165) is 39.5 Å². The zero-order valence-electron chi connectivity index (χ0n) is 32.1. The van der Waals surface area contributed by atoms with E-state index in [1.165, 1.54) is 0 Å². The van der Waals surface area contributed by atoms with Gasteiger partial charge in [-0.05, 0) is 96.9 Å². The SMILES string of the molecule is CC(C)COCC(C)(C)C1=C/C(=C/C2=C([O-])C3C(CC2O)C3c2cc(-c3ccccc3)[o+]c(C(C)(C)COCC(C)C)c2)C=C(c2ccccc2)O1. The molecule has 0 amide bonds. The Balaban J connectivity index is 1.35. The molecule has 4 unspecified atom stereocenters. The number of allylic oxidation sites excluding steroid dienone is 4. The van der Waals surface area contributed by atoms with Crippen LogP contribution < -0.4 is 5.11 Å². The minimum absolute atomic E-state index is 0.00343. The van der Waals surface area contributed by atoms with Gasteiger partial charge in [0.2, 0.25) is 0 Å². The van der Waals surface area contributed by atoms with Crippen LogP contribution in [0.15, 0.2) is 118 Å². The van der Waals surface area contributed by atoms with Crippen molar-refractivity contribution in [3.05, 3.63) is 131 Å². The lowest BCUT2D eigenvalue weighted by Crippen LogP contribution is -2.26. The average molecular weight is 705 g/mol. The van der Waals surface area contributed by atoms with Gasteiger partial charge in [0.05, 0.1) is 24.9 Å². The van der Waals surface area contributed by atoms with E-state index >= 15 is 0 Å². The van der Waals surface area contributed by atoms with Crippen molar-refractivity contribution in [3.63, 3.8) is 0 Å². The summed E-state index contributed by atoms with van der Waals surface area (Å²) in [5, 5.41) is 25.9. The maximum Gasteiger partial charge on any atom is 0.360 e. The Morgan fingerprint density at radius 2 is 1.42 bits per heavy atom. The van der Waals surface area contributed by atoms with Gasteiger partial charge < -0.3 is 24.4 Å². The molecule has 0 radical (unpaired) electrons. The Labute approximate surface area is 310 Å². The van der Waals surface area contributed by atoms with E-state index in [1.54, 1.807) is 0 Å². The molecule has 276 valence electrons. The highest BCUT2D eigenvalue weighted by Gasteiger charge is 2.55. The van der Waals surface area contributed by atoms with Crippen molar-refractivity contribution in [1.82, 2.24) is 0 Å². The van der Waals surface area contributed by atoms with Gasteiger partial charge in [-0.25, -0.2) is 4.42 Å². The first-order chi connectivity index (χ1) is 24.7. The summed E-state index contributed by atoms with van der Waals surface area (Å²) in [6, 6.07) is 24.3. The topological polar surface area (TPSA) is 82.3 Å². The summed E-state index contributed by atoms with van der Waals surface area (Å²) in [6.45, 7) is 19.4. The molecule has 1 saturated carbocycles. The Hall–Kier alpha value is -3.97. The van der Waals surface area contributed by atoms with Crippen LogP contribution in [0.4, 0.5) is 0 Å². The fourth-order valence-corrected chi connectivity index (χ4v) is 7.29. The molecule has 1 N–H and O–H groups in total. The maximum absolute atomic E-state index is 14.3. The Morgan fingerprint density at radius 1 is 0.827 bits per heavy atom. The molecule has 2 aromatic carbocycles. The van der Waals surface area contributed by atoms with E-state index in [4.69, 9.17) is 18.6 Å². The molecular weight excluding hydrogens is 649 g/mol.